The van der Waals surface area contributed by atoms with Gasteiger partial charge in [0.05, 0.1) is 34.4 Å². The number of likely N-dealkylation sites (tertiary alicyclic amines) is 1. The smallest absolute Gasteiger partial charge is 0.234 e. The molecule has 0 aliphatic carbocycles. The van der Waals surface area contributed by atoms with Crippen LogP contribution in [0.5, 0.6) is 5.75 Å². The maximum Gasteiger partial charge on any atom is 0.234 e. The minimum Gasteiger partial charge on any atom is -0.494 e. The molecule has 354 valence electrons. The van der Waals surface area contributed by atoms with Gasteiger partial charge in [0, 0.05) is 84.2 Å². The molecule has 0 saturated carbocycles. The quantitative estimate of drug-likeness (QED) is 0.0857. The molecule has 6 heterocycles. The predicted molar refractivity (Wildman–Crippen MR) is 266 cm³/mol. The summed E-state index contributed by atoms with van der Waals surface area (Å²) >= 11 is 3.62. The van der Waals surface area contributed by atoms with Crippen molar-refractivity contribution < 1.29 is 27.7 Å². The van der Waals surface area contributed by atoms with Gasteiger partial charge in [0.1, 0.15) is 30.3 Å². The van der Waals surface area contributed by atoms with E-state index in [9.17, 15) is 14.2 Å². The van der Waals surface area contributed by atoms with Crippen LogP contribution in [0, 0.1) is 24.0 Å². The van der Waals surface area contributed by atoms with E-state index in [2.05, 4.69) is 70.7 Å². The Morgan fingerprint density at radius 2 is 1.58 bits per heavy atom. The lowest BCUT2D eigenvalue weighted by Crippen LogP contribution is -2.52. The van der Waals surface area contributed by atoms with Crippen LogP contribution in [0.25, 0.3) is 10.9 Å². The molecular weight excluding hydrogens is 939 g/mol. The Labute approximate surface area is 399 Å². The minimum atomic E-state index is -2.74. The summed E-state index contributed by atoms with van der Waals surface area (Å²) in [6, 6.07) is 15.2. The number of piperidine rings is 4. The van der Waals surface area contributed by atoms with Crippen molar-refractivity contribution in [3.8, 4) is 5.75 Å². The van der Waals surface area contributed by atoms with Crippen molar-refractivity contribution in [2.75, 3.05) is 80.1 Å². The largest absolute Gasteiger partial charge is 0.494 e. The molecule has 1 spiro atoms. The number of aromatic nitrogens is 3. The Morgan fingerprint density at radius 3 is 2.24 bits per heavy atom. The van der Waals surface area contributed by atoms with E-state index in [1.165, 1.54) is 23.4 Å². The third-order valence-corrected chi connectivity index (χ3v) is 16.7. The van der Waals surface area contributed by atoms with Gasteiger partial charge in [0.15, 0.2) is 0 Å². The first kappa shape index (κ1) is 46.9. The van der Waals surface area contributed by atoms with E-state index in [0.29, 0.717) is 57.9 Å². The molecule has 4 fully saturated rings. The zero-order valence-electron chi connectivity index (χ0n) is 38.9. The number of rotatable bonds is 11. The van der Waals surface area contributed by atoms with Crippen LogP contribution in [0.2, 0.25) is 0 Å². The van der Waals surface area contributed by atoms with E-state index in [4.69, 9.17) is 9.72 Å². The van der Waals surface area contributed by atoms with Crippen molar-refractivity contribution >= 4 is 85.6 Å². The summed E-state index contributed by atoms with van der Waals surface area (Å²) in [7, 11) is -1.06. The first-order valence-electron chi connectivity index (χ1n) is 23.4. The van der Waals surface area contributed by atoms with Crippen LogP contribution in [0.4, 0.5) is 43.3 Å². The highest BCUT2D eigenvalue weighted by molar-refractivity contribution is 9.10. The van der Waals surface area contributed by atoms with E-state index in [1.807, 2.05) is 36.1 Å². The van der Waals surface area contributed by atoms with Gasteiger partial charge in [-0.05, 0) is 148 Å². The van der Waals surface area contributed by atoms with Gasteiger partial charge in [-0.2, -0.15) is 4.98 Å². The summed E-state index contributed by atoms with van der Waals surface area (Å²) in [5.41, 5.74) is 6.11. The van der Waals surface area contributed by atoms with Crippen LogP contribution >= 0.6 is 23.1 Å². The number of hydrogen-bond acceptors (Lipinski definition) is 12. The summed E-state index contributed by atoms with van der Waals surface area (Å²) in [6.45, 7) is 13.1. The molecule has 5 aromatic rings. The summed E-state index contributed by atoms with van der Waals surface area (Å²) in [6.07, 6.45) is 9.11. The van der Waals surface area contributed by atoms with Crippen molar-refractivity contribution in [3.05, 3.63) is 87.7 Å². The Morgan fingerprint density at radius 1 is 0.881 bits per heavy atom. The molecule has 1 atom stereocenters. The molecular formula is C50H59BrF2N9O4P. The number of halogens is 3. The van der Waals surface area contributed by atoms with Crippen molar-refractivity contribution in [2.45, 2.75) is 83.6 Å². The number of amides is 2. The third-order valence-electron chi connectivity index (χ3n) is 14.6. The molecule has 4 aliphatic heterocycles. The fourth-order valence-corrected chi connectivity index (χ4v) is 12.6. The lowest BCUT2D eigenvalue weighted by Gasteiger charge is -2.50. The van der Waals surface area contributed by atoms with Crippen molar-refractivity contribution in [2.24, 2.45) is 5.41 Å². The number of benzene rings is 3. The lowest BCUT2D eigenvalue weighted by atomic mass is 9.70. The number of carbonyl (C=O) groups is 2. The van der Waals surface area contributed by atoms with Gasteiger partial charge in [0.25, 0.3) is 0 Å². The standard InChI is InChI=1S/C50H59BrF2N9O4P/c1-6-31-25-41(57-49-54-29-36(51)47(59-49)56-40-11-10-39-34(8-7-30(2)55-39)46(40)67(4,5)65)43(66-3)28-42(31)62-23-17-50(18-24-62)15-21-61(22-16-50)32-13-19-60(20-14-32)33-26-37(52)45(38(53)27-33)35-9-12-44(63)58-48(35)64/h7-8,10-11,25-29,32,35H,6,9,12-24H2,1-5H3,(H,58,63,64)(H2,54,56,57,59)/t35-/m1/s1. The number of imide groups is 1. The van der Waals surface area contributed by atoms with Gasteiger partial charge in [-0.1, -0.05) is 13.0 Å². The van der Waals surface area contributed by atoms with Gasteiger partial charge in [-0.3, -0.25) is 19.9 Å². The molecule has 0 radical (unpaired) electrons. The Kier molecular flexibility index (Phi) is 13.4. The number of fused-ring (bicyclic) bond motifs is 1. The van der Waals surface area contributed by atoms with E-state index >= 15 is 8.78 Å². The summed E-state index contributed by atoms with van der Waals surface area (Å²) in [5.74, 6) is -1.91. The van der Waals surface area contributed by atoms with Crippen LogP contribution in [0.15, 0.2) is 59.2 Å². The highest BCUT2D eigenvalue weighted by Gasteiger charge is 2.40. The van der Waals surface area contributed by atoms with Gasteiger partial charge in [-0.15, -0.1) is 0 Å². The van der Waals surface area contributed by atoms with Crippen molar-refractivity contribution in [1.82, 2.24) is 25.2 Å². The van der Waals surface area contributed by atoms with Gasteiger partial charge in [0.2, 0.25) is 17.8 Å². The Hall–Kier alpha value is -5.18. The van der Waals surface area contributed by atoms with E-state index in [0.717, 1.165) is 98.7 Å². The van der Waals surface area contributed by atoms with Crippen LogP contribution in [-0.4, -0.2) is 97.4 Å². The number of carbonyl (C=O) groups excluding carboxylic acids is 2. The molecule has 4 saturated heterocycles. The second kappa shape index (κ2) is 19.1. The molecule has 3 N–H and O–H groups in total. The number of nitrogens with one attached hydrogen (secondary N) is 3. The first-order chi connectivity index (χ1) is 32.1. The zero-order chi connectivity index (χ0) is 47.2. The van der Waals surface area contributed by atoms with Gasteiger partial charge < -0.3 is 34.6 Å². The average Bonchev–Trinajstić information content (AvgIpc) is 3.30. The molecule has 0 unspecified atom stereocenters. The fourth-order valence-electron chi connectivity index (χ4n) is 10.8. The van der Waals surface area contributed by atoms with Crippen LogP contribution in [-0.2, 0) is 20.6 Å². The molecule has 0 bridgehead atoms. The second-order valence-corrected chi connectivity index (χ2v) is 23.1. The molecule has 2 amide bonds. The van der Waals surface area contributed by atoms with Crippen molar-refractivity contribution in [3.63, 3.8) is 0 Å². The Balaban J connectivity index is 0.810. The molecule has 67 heavy (non-hydrogen) atoms. The molecule has 9 rings (SSSR count). The predicted octanol–water partition coefficient (Wildman–Crippen LogP) is 9.55. The third kappa shape index (κ3) is 9.76. The fraction of sp³-hybridized carbons (Fsp3) is 0.460. The molecule has 13 nitrogen and oxygen atoms in total. The number of ether oxygens (including phenoxy) is 1. The summed E-state index contributed by atoms with van der Waals surface area (Å²) in [4.78, 5) is 45.2. The highest BCUT2D eigenvalue weighted by Crippen LogP contribution is 2.46. The van der Waals surface area contributed by atoms with Crippen molar-refractivity contribution in [1.29, 1.82) is 0 Å². The first-order valence-corrected chi connectivity index (χ1v) is 26.8. The molecule has 3 aromatic carbocycles. The number of aryl methyl sites for hydroxylation is 2. The number of methoxy groups -OCH3 is 1. The Bertz CT molecular complexity index is 2740. The maximum absolute atomic E-state index is 15.3. The minimum absolute atomic E-state index is 0.0656. The molecule has 4 aliphatic rings. The summed E-state index contributed by atoms with van der Waals surface area (Å²) in [5, 5.41) is 10.6. The van der Waals surface area contributed by atoms with E-state index in [-0.39, 0.29) is 18.4 Å². The van der Waals surface area contributed by atoms with Gasteiger partial charge >= 0.3 is 0 Å². The molecule has 17 heteroatoms. The van der Waals surface area contributed by atoms with Crippen LogP contribution in [0.3, 0.4) is 0 Å². The normalized spacial score (nSPS) is 19.5. The number of anilines is 6. The lowest BCUT2D eigenvalue weighted by molar-refractivity contribution is -0.134. The maximum atomic E-state index is 15.3. The van der Waals surface area contributed by atoms with Crippen LogP contribution in [0.1, 0.15) is 81.0 Å². The highest BCUT2D eigenvalue weighted by atomic mass is 79.9. The van der Waals surface area contributed by atoms with Gasteiger partial charge in [-0.25, -0.2) is 13.8 Å². The monoisotopic (exact) mass is 997 g/mol. The number of pyridine rings is 1. The SMILES string of the molecule is CCc1cc(Nc2ncc(Br)c(Nc3ccc4nc(C)ccc4c3P(C)(C)=O)n2)c(OC)cc1N1CCC2(CC1)CCN(C1CCN(c3cc(F)c([C@H]4CCC(=O)NC4=O)c(F)c3)CC1)CC2. The second-order valence-electron chi connectivity index (χ2n) is 19.1. The zero-order valence-corrected chi connectivity index (χ0v) is 41.3. The summed E-state index contributed by atoms with van der Waals surface area (Å²) < 4.78 is 51.0. The van der Waals surface area contributed by atoms with E-state index in [1.54, 1.807) is 26.6 Å². The number of hydrogen-bond donors (Lipinski definition) is 3. The molecule has 2 aromatic heterocycles. The number of nitrogens with zero attached hydrogens (tertiary/aromatic N) is 6. The average molecular weight is 999 g/mol. The van der Waals surface area contributed by atoms with E-state index < -0.39 is 36.5 Å². The van der Waals surface area contributed by atoms with Crippen LogP contribution < -0.4 is 35.8 Å². The topological polar surface area (TPSA) is 145 Å².